The SMILES string of the molecule is Cc1c2cnn(-c3ccccc3)c(=O)c2c(C)n1[C@@H](C)C(=O)Nc1cc(F)ccc1F. The molecule has 8 heteroatoms. The first kappa shape index (κ1) is 20.5. The molecule has 0 saturated carbocycles. The fraction of sp³-hybridized carbons (Fsp3) is 0.174. The van der Waals surface area contributed by atoms with Crippen LogP contribution in [0.15, 0.2) is 59.5 Å². The molecule has 0 spiro atoms. The number of anilines is 1. The van der Waals surface area contributed by atoms with Crippen molar-refractivity contribution in [2.24, 2.45) is 0 Å². The lowest BCUT2D eigenvalue weighted by Crippen LogP contribution is -2.26. The summed E-state index contributed by atoms with van der Waals surface area (Å²) in [5.41, 5.74) is 1.36. The Morgan fingerprint density at radius 2 is 1.77 bits per heavy atom. The van der Waals surface area contributed by atoms with Gasteiger partial charge in [-0.15, -0.1) is 0 Å². The van der Waals surface area contributed by atoms with Gasteiger partial charge in [-0.3, -0.25) is 9.59 Å². The average molecular weight is 422 g/mol. The van der Waals surface area contributed by atoms with Crippen LogP contribution in [-0.2, 0) is 4.79 Å². The van der Waals surface area contributed by atoms with E-state index in [-0.39, 0.29) is 11.2 Å². The topological polar surface area (TPSA) is 68.9 Å². The molecule has 4 rings (SSSR count). The summed E-state index contributed by atoms with van der Waals surface area (Å²) < 4.78 is 30.4. The Labute approximate surface area is 176 Å². The number of benzene rings is 2. The molecule has 0 aliphatic rings. The van der Waals surface area contributed by atoms with Crippen molar-refractivity contribution in [3.63, 3.8) is 0 Å². The second-order valence-corrected chi connectivity index (χ2v) is 7.32. The van der Waals surface area contributed by atoms with E-state index >= 15 is 0 Å². The largest absolute Gasteiger partial charge is 0.336 e. The Hall–Kier alpha value is -3.81. The number of aromatic nitrogens is 3. The summed E-state index contributed by atoms with van der Waals surface area (Å²) in [4.78, 5) is 26.0. The molecule has 1 atom stereocenters. The van der Waals surface area contributed by atoms with E-state index in [2.05, 4.69) is 10.4 Å². The van der Waals surface area contributed by atoms with Gasteiger partial charge in [-0.1, -0.05) is 18.2 Å². The molecule has 2 heterocycles. The first-order valence-electron chi connectivity index (χ1n) is 9.70. The van der Waals surface area contributed by atoms with E-state index < -0.39 is 23.6 Å². The van der Waals surface area contributed by atoms with E-state index in [0.29, 0.717) is 27.8 Å². The summed E-state index contributed by atoms with van der Waals surface area (Å²) >= 11 is 0. The highest BCUT2D eigenvalue weighted by molar-refractivity contribution is 5.95. The minimum atomic E-state index is -0.778. The lowest BCUT2D eigenvalue weighted by Gasteiger charge is -2.18. The monoisotopic (exact) mass is 422 g/mol. The number of carbonyl (C=O) groups is 1. The van der Waals surface area contributed by atoms with Crippen molar-refractivity contribution in [3.05, 3.63) is 88.1 Å². The third-order valence-electron chi connectivity index (χ3n) is 5.41. The molecular weight excluding hydrogens is 402 g/mol. The van der Waals surface area contributed by atoms with Crippen molar-refractivity contribution in [1.29, 1.82) is 0 Å². The standard InChI is InChI=1S/C23H20F2N4O2/c1-13-18-12-26-29(17-7-5-4-6-8-17)23(31)21(18)14(2)28(13)15(3)22(30)27-20-11-16(24)9-10-19(20)25/h4-12,15H,1-3H3,(H,27,30)/t15-/m0/s1. The molecular formula is C23H20F2N4O2. The number of hydrogen-bond donors (Lipinski definition) is 1. The molecule has 0 radical (unpaired) electrons. The molecule has 0 bridgehead atoms. The van der Waals surface area contributed by atoms with Gasteiger partial charge in [0.1, 0.15) is 17.7 Å². The molecule has 31 heavy (non-hydrogen) atoms. The van der Waals surface area contributed by atoms with Crippen molar-refractivity contribution >= 4 is 22.4 Å². The molecule has 2 aromatic carbocycles. The maximum atomic E-state index is 13.9. The fourth-order valence-corrected chi connectivity index (χ4v) is 3.86. The van der Waals surface area contributed by atoms with Gasteiger partial charge in [-0.05, 0) is 45.0 Å². The van der Waals surface area contributed by atoms with Crippen LogP contribution in [0.5, 0.6) is 0 Å². The molecule has 0 unspecified atom stereocenters. The van der Waals surface area contributed by atoms with E-state index in [1.807, 2.05) is 18.2 Å². The van der Waals surface area contributed by atoms with Crippen LogP contribution in [0.2, 0.25) is 0 Å². The van der Waals surface area contributed by atoms with Gasteiger partial charge in [0.05, 0.1) is 23.0 Å². The zero-order chi connectivity index (χ0) is 22.3. The number of para-hydroxylation sites is 1. The summed E-state index contributed by atoms with van der Waals surface area (Å²) in [6.07, 6.45) is 1.60. The molecule has 1 amide bonds. The highest BCUT2D eigenvalue weighted by atomic mass is 19.1. The van der Waals surface area contributed by atoms with E-state index in [9.17, 15) is 18.4 Å². The molecule has 158 valence electrons. The van der Waals surface area contributed by atoms with Gasteiger partial charge in [0.25, 0.3) is 5.56 Å². The number of hydrogen-bond acceptors (Lipinski definition) is 3. The number of nitrogens with one attached hydrogen (secondary N) is 1. The van der Waals surface area contributed by atoms with E-state index in [1.54, 1.807) is 43.7 Å². The Morgan fingerprint density at radius 3 is 2.48 bits per heavy atom. The number of nitrogens with zero attached hydrogens (tertiary/aromatic N) is 3. The first-order valence-corrected chi connectivity index (χ1v) is 9.70. The Kier molecular flexibility index (Phi) is 5.14. The smallest absolute Gasteiger partial charge is 0.281 e. The van der Waals surface area contributed by atoms with E-state index in [1.165, 1.54) is 4.68 Å². The molecule has 0 saturated heterocycles. The average Bonchev–Trinajstić information content (AvgIpc) is 3.01. The molecule has 4 aromatic rings. The molecule has 0 aliphatic heterocycles. The van der Waals surface area contributed by atoms with Crippen molar-refractivity contribution in [2.45, 2.75) is 26.8 Å². The van der Waals surface area contributed by atoms with E-state index in [4.69, 9.17) is 0 Å². The second-order valence-electron chi connectivity index (χ2n) is 7.32. The number of halogens is 2. The van der Waals surface area contributed by atoms with Crippen LogP contribution in [-0.4, -0.2) is 20.3 Å². The van der Waals surface area contributed by atoms with Crippen molar-refractivity contribution < 1.29 is 13.6 Å². The van der Waals surface area contributed by atoms with Crippen LogP contribution >= 0.6 is 0 Å². The van der Waals surface area contributed by atoms with Crippen LogP contribution in [0.4, 0.5) is 14.5 Å². The molecule has 2 aromatic heterocycles. The van der Waals surface area contributed by atoms with Crippen molar-refractivity contribution in [3.8, 4) is 5.69 Å². The van der Waals surface area contributed by atoms with Gasteiger partial charge in [-0.2, -0.15) is 9.78 Å². The Balaban J connectivity index is 1.77. The quantitative estimate of drug-likeness (QED) is 0.534. The Morgan fingerprint density at radius 1 is 1.06 bits per heavy atom. The third-order valence-corrected chi connectivity index (χ3v) is 5.41. The van der Waals surface area contributed by atoms with Crippen molar-refractivity contribution in [2.75, 3.05) is 5.32 Å². The lowest BCUT2D eigenvalue weighted by molar-refractivity contribution is -0.118. The number of fused-ring (bicyclic) bond motifs is 1. The van der Waals surface area contributed by atoms with Crippen LogP contribution in [0.1, 0.15) is 24.4 Å². The zero-order valence-corrected chi connectivity index (χ0v) is 17.2. The van der Waals surface area contributed by atoms with Crippen LogP contribution in [0, 0.1) is 25.5 Å². The van der Waals surface area contributed by atoms with Gasteiger partial charge in [0.15, 0.2) is 0 Å². The van der Waals surface area contributed by atoms with Gasteiger partial charge in [0.2, 0.25) is 5.91 Å². The fourth-order valence-electron chi connectivity index (χ4n) is 3.86. The van der Waals surface area contributed by atoms with Crippen molar-refractivity contribution in [1.82, 2.24) is 14.3 Å². The highest BCUT2D eigenvalue weighted by Gasteiger charge is 2.24. The number of rotatable bonds is 4. The van der Waals surface area contributed by atoms with Crippen LogP contribution in [0.25, 0.3) is 16.5 Å². The lowest BCUT2D eigenvalue weighted by atomic mass is 10.2. The molecule has 6 nitrogen and oxygen atoms in total. The predicted molar refractivity (Wildman–Crippen MR) is 115 cm³/mol. The van der Waals surface area contributed by atoms with Gasteiger partial charge < -0.3 is 9.88 Å². The van der Waals surface area contributed by atoms with Gasteiger partial charge in [-0.25, -0.2) is 8.78 Å². The highest BCUT2D eigenvalue weighted by Crippen LogP contribution is 2.27. The summed E-state index contributed by atoms with van der Waals surface area (Å²) in [6.45, 7) is 5.17. The van der Waals surface area contributed by atoms with E-state index in [0.717, 1.165) is 18.2 Å². The summed E-state index contributed by atoms with van der Waals surface area (Å²) in [6, 6.07) is 11.1. The molecule has 0 aliphatic carbocycles. The number of amides is 1. The number of aryl methyl sites for hydroxylation is 2. The van der Waals surface area contributed by atoms with Crippen LogP contribution < -0.4 is 10.9 Å². The number of carbonyl (C=O) groups excluding carboxylic acids is 1. The van der Waals surface area contributed by atoms with Gasteiger partial charge >= 0.3 is 0 Å². The predicted octanol–water partition coefficient (Wildman–Crippen LogP) is 4.28. The summed E-state index contributed by atoms with van der Waals surface area (Å²) in [7, 11) is 0. The molecule has 1 N–H and O–H groups in total. The minimum Gasteiger partial charge on any atom is -0.336 e. The summed E-state index contributed by atoms with van der Waals surface area (Å²) in [5, 5.41) is 7.79. The van der Waals surface area contributed by atoms with Crippen LogP contribution in [0.3, 0.4) is 0 Å². The first-order chi connectivity index (χ1) is 14.8. The maximum absolute atomic E-state index is 13.9. The third kappa shape index (κ3) is 3.50. The zero-order valence-electron chi connectivity index (χ0n) is 17.2. The second kappa shape index (κ2) is 7.79. The Bertz CT molecular complexity index is 1360. The molecule has 0 fully saturated rings. The minimum absolute atomic E-state index is 0.239. The van der Waals surface area contributed by atoms with Gasteiger partial charge in [0, 0.05) is 22.8 Å². The normalized spacial score (nSPS) is 12.2. The maximum Gasteiger partial charge on any atom is 0.281 e. The summed E-state index contributed by atoms with van der Waals surface area (Å²) in [5.74, 6) is -1.92.